The number of imidazole rings is 1. The zero-order valence-electron chi connectivity index (χ0n) is 13.1. The summed E-state index contributed by atoms with van der Waals surface area (Å²) in [4.78, 5) is 27.9. The maximum atomic E-state index is 12.3. The molecule has 0 saturated heterocycles. The molecule has 0 spiro atoms. The van der Waals surface area contributed by atoms with Crippen LogP contribution in [0.4, 0.5) is 0 Å². The predicted molar refractivity (Wildman–Crippen MR) is 87.7 cm³/mol. The average Bonchev–Trinajstić information content (AvgIpc) is 2.91. The van der Waals surface area contributed by atoms with Gasteiger partial charge in [0.25, 0.3) is 0 Å². The Morgan fingerprint density at radius 2 is 1.87 bits per heavy atom. The van der Waals surface area contributed by atoms with E-state index in [1.165, 1.54) is 35.8 Å². The van der Waals surface area contributed by atoms with Crippen molar-refractivity contribution < 1.29 is 0 Å². The molecule has 6 nitrogen and oxygen atoms in total. The lowest BCUT2D eigenvalue weighted by Gasteiger charge is -2.26. The summed E-state index contributed by atoms with van der Waals surface area (Å²) < 4.78 is 1.50. The lowest BCUT2D eigenvalue weighted by Crippen LogP contribution is -2.17. The Morgan fingerprint density at radius 3 is 2.61 bits per heavy atom. The highest BCUT2D eigenvalue weighted by atomic mass is 16.1. The number of hydrogen-bond donors (Lipinski definition) is 1. The molecular formula is C17H19N5O. The lowest BCUT2D eigenvalue weighted by molar-refractivity contribution is 0.347. The molecule has 0 aromatic carbocycles. The number of nitrogens with zero attached hydrogens (tertiary/aromatic N) is 4. The molecule has 3 aromatic heterocycles. The van der Waals surface area contributed by atoms with E-state index in [4.69, 9.17) is 0 Å². The van der Waals surface area contributed by atoms with Gasteiger partial charge in [0, 0.05) is 18.6 Å². The molecule has 0 aliphatic heterocycles. The summed E-state index contributed by atoms with van der Waals surface area (Å²) in [7, 11) is 0. The molecular weight excluding hydrogens is 290 g/mol. The van der Waals surface area contributed by atoms with E-state index in [1.54, 1.807) is 18.5 Å². The van der Waals surface area contributed by atoms with Crippen molar-refractivity contribution in [3.05, 3.63) is 46.8 Å². The first-order chi connectivity index (χ1) is 11.2. The van der Waals surface area contributed by atoms with Crippen molar-refractivity contribution in [1.29, 1.82) is 0 Å². The van der Waals surface area contributed by atoms with Gasteiger partial charge in [0.05, 0.1) is 5.52 Å². The predicted octanol–water partition coefficient (Wildman–Crippen LogP) is 2.80. The van der Waals surface area contributed by atoms with Crippen LogP contribution in [0.3, 0.4) is 0 Å². The molecule has 1 aliphatic rings. The van der Waals surface area contributed by atoms with Gasteiger partial charge in [0.2, 0.25) is 5.95 Å². The minimum atomic E-state index is -0.256. The molecule has 4 rings (SSSR count). The second-order valence-electron chi connectivity index (χ2n) is 6.41. The van der Waals surface area contributed by atoms with Gasteiger partial charge >= 0.3 is 5.69 Å². The summed E-state index contributed by atoms with van der Waals surface area (Å²) in [6.45, 7) is 2.31. The Balaban J connectivity index is 1.80. The fourth-order valence-electron chi connectivity index (χ4n) is 3.42. The normalized spacial score (nSPS) is 21.6. The molecule has 0 unspecified atom stereocenters. The average molecular weight is 309 g/mol. The van der Waals surface area contributed by atoms with Crippen molar-refractivity contribution in [3.8, 4) is 5.95 Å². The summed E-state index contributed by atoms with van der Waals surface area (Å²) in [5, 5.41) is 0. The molecule has 1 fully saturated rings. The van der Waals surface area contributed by atoms with Crippen LogP contribution in [0.15, 0.2) is 35.5 Å². The Labute approximate surface area is 133 Å². The minimum absolute atomic E-state index is 0.256. The van der Waals surface area contributed by atoms with E-state index in [-0.39, 0.29) is 5.69 Å². The van der Waals surface area contributed by atoms with Crippen LogP contribution in [0.5, 0.6) is 0 Å². The van der Waals surface area contributed by atoms with Crippen molar-refractivity contribution >= 4 is 11.2 Å². The monoisotopic (exact) mass is 309 g/mol. The Hall–Kier alpha value is -2.50. The number of aromatic nitrogens is 5. The molecule has 118 valence electrons. The summed E-state index contributed by atoms with van der Waals surface area (Å²) >= 11 is 0. The number of fused-ring (bicyclic) bond motifs is 1. The number of aromatic amines is 1. The fraction of sp³-hybridized carbons (Fsp3) is 0.412. The Bertz CT molecular complexity index is 875. The molecule has 0 bridgehead atoms. The third-order valence-electron chi connectivity index (χ3n) is 4.80. The topological polar surface area (TPSA) is 76.5 Å². The SMILES string of the molecule is CC1CCC(c2cnc3[nH]c(=O)n(-c4ncccn4)c3c2)CC1. The van der Waals surface area contributed by atoms with Gasteiger partial charge in [0.1, 0.15) is 0 Å². The largest absolute Gasteiger partial charge is 0.334 e. The van der Waals surface area contributed by atoms with Crippen LogP contribution >= 0.6 is 0 Å². The maximum Gasteiger partial charge on any atom is 0.334 e. The number of rotatable bonds is 2. The van der Waals surface area contributed by atoms with E-state index in [1.807, 2.05) is 6.20 Å². The van der Waals surface area contributed by atoms with Crippen molar-refractivity contribution in [1.82, 2.24) is 24.5 Å². The first-order valence-corrected chi connectivity index (χ1v) is 8.10. The number of hydrogen-bond acceptors (Lipinski definition) is 4. The quantitative estimate of drug-likeness (QED) is 0.789. The summed E-state index contributed by atoms with van der Waals surface area (Å²) in [5.74, 6) is 1.71. The second kappa shape index (κ2) is 5.61. The van der Waals surface area contributed by atoms with Crippen LogP contribution in [-0.2, 0) is 0 Å². The van der Waals surface area contributed by atoms with Gasteiger partial charge in [0.15, 0.2) is 5.65 Å². The van der Waals surface area contributed by atoms with Crippen LogP contribution < -0.4 is 5.69 Å². The van der Waals surface area contributed by atoms with E-state index in [0.29, 0.717) is 17.5 Å². The second-order valence-corrected chi connectivity index (χ2v) is 6.41. The number of nitrogens with one attached hydrogen (secondary N) is 1. The number of pyridine rings is 1. The molecule has 0 atom stereocenters. The van der Waals surface area contributed by atoms with E-state index in [9.17, 15) is 4.79 Å². The van der Waals surface area contributed by atoms with Crippen LogP contribution in [-0.4, -0.2) is 24.5 Å². The van der Waals surface area contributed by atoms with Crippen molar-refractivity contribution in [2.24, 2.45) is 5.92 Å². The molecule has 1 saturated carbocycles. The van der Waals surface area contributed by atoms with Gasteiger partial charge in [-0.25, -0.2) is 24.3 Å². The Morgan fingerprint density at radius 1 is 1.13 bits per heavy atom. The fourth-order valence-corrected chi connectivity index (χ4v) is 3.42. The first kappa shape index (κ1) is 14.1. The standard InChI is InChI=1S/C17H19N5O/c1-11-3-5-12(6-4-11)13-9-14-15(20-10-13)21-17(23)22(14)16-18-7-2-8-19-16/h2,7-12H,3-6H2,1H3,(H,20,21,23). The molecule has 6 heteroatoms. The van der Waals surface area contributed by atoms with Gasteiger partial charge in [-0.05, 0) is 42.4 Å². The zero-order valence-corrected chi connectivity index (χ0v) is 13.1. The molecule has 3 aromatic rings. The third kappa shape index (κ3) is 2.54. The smallest absolute Gasteiger partial charge is 0.290 e. The van der Waals surface area contributed by atoms with Gasteiger partial charge in [-0.15, -0.1) is 0 Å². The van der Waals surface area contributed by atoms with Gasteiger partial charge in [-0.3, -0.25) is 4.98 Å². The molecule has 0 amide bonds. The Kier molecular flexibility index (Phi) is 3.44. The highest BCUT2D eigenvalue weighted by molar-refractivity contribution is 5.73. The maximum absolute atomic E-state index is 12.3. The van der Waals surface area contributed by atoms with Crippen LogP contribution in [0.25, 0.3) is 17.1 Å². The molecule has 1 aliphatic carbocycles. The van der Waals surface area contributed by atoms with Gasteiger partial charge in [-0.2, -0.15) is 0 Å². The van der Waals surface area contributed by atoms with Crippen LogP contribution in [0.2, 0.25) is 0 Å². The van der Waals surface area contributed by atoms with Crippen LogP contribution in [0, 0.1) is 5.92 Å². The van der Waals surface area contributed by atoms with Crippen molar-refractivity contribution in [2.75, 3.05) is 0 Å². The van der Waals surface area contributed by atoms with E-state index in [2.05, 4.69) is 32.9 Å². The highest BCUT2D eigenvalue weighted by Gasteiger charge is 2.21. The number of H-pyrrole nitrogens is 1. The molecule has 23 heavy (non-hydrogen) atoms. The third-order valence-corrected chi connectivity index (χ3v) is 4.80. The van der Waals surface area contributed by atoms with Gasteiger partial charge < -0.3 is 0 Å². The minimum Gasteiger partial charge on any atom is -0.290 e. The van der Waals surface area contributed by atoms with Crippen molar-refractivity contribution in [2.45, 2.75) is 38.5 Å². The lowest BCUT2D eigenvalue weighted by atomic mass is 9.80. The first-order valence-electron chi connectivity index (χ1n) is 8.10. The van der Waals surface area contributed by atoms with E-state index < -0.39 is 0 Å². The summed E-state index contributed by atoms with van der Waals surface area (Å²) in [6.07, 6.45) is 10.0. The molecule has 1 N–H and O–H groups in total. The highest BCUT2D eigenvalue weighted by Crippen LogP contribution is 2.35. The van der Waals surface area contributed by atoms with E-state index >= 15 is 0 Å². The molecule has 0 radical (unpaired) electrons. The zero-order chi connectivity index (χ0) is 15.8. The van der Waals surface area contributed by atoms with Gasteiger partial charge in [-0.1, -0.05) is 19.8 Å². The summed E-state index contributed by atoms with van der Waals surface area (Å²) in [5.41, 5.74) is 2.27. The summed E-state index contributed by atoms with van der Waals surface area (Å²) in [6, 6.07) is 3.80. The van der Waals surface area contributed by atoms with Crippen LogP contribution in [0.1, 0.15) is 44.1 Å². The van der Waals surface area contributed by atoms with Crippen molar-refractivity contribution in [3.63, 3.8) is 0 Å². The molecule has 3 heterocycles. The van der Waals surface area contributed by atoms with E-state index in [0.717, 1.165) is 11.4 Å².